The molecule has 0 aromatic heterocycles. The summed E-state index contributed by atoms with van der Waals surface area (Å²) in [6, 6.07) is 15.0. The summed E-state index contributed by atoms with van der Waals surface area (Å²) >= 11 is 0. The Balaban J connectivity index is 1.26. The van der Waals surface area contributed by atoms with E-state index in [1.165, 1.54) is 5.57 Å². The van der Waals surface area contributed by atoms with Crippen LogP contribution >= 0.6 is 0 Å². The molecule has 28 heavy (non-hydrogen) atoms. The lowest BCUT2D eigenvalue weighted by Crippen LogP contribution is -2.40. The molecule has 0 bridgehead atoms. The molecule has 0 spiro atoms. The number of rotatable bonds is 8. The van der Waals surface area contributed by atoms with Crippen molar-refractivity contribution in [1.29, 1.82) is 0 Å². The van der Waals surface area contributed by atoms with Crippen LogP contribution in [-0.2, 0) is 6.61 Å². The van der Waals surface area contributed by atoms with Crippen LogP contribution < -0.4 is 20.3 Å². The Morgan fingerprint density at radius 3 is 2.43 bits per heavy atom. The number of carbonyl (C=O) groups excluding carboxylic acids is 1. The van der Waals surface area contributed by atoms with Gasteiger partial charge in [0.25, 0.3) is 5.91 Å². The smallest absolute Gasteiger partial charge is 0.269 e. The molecule has 5 heteroatoms. The van der Waals surface area contributed by atoms with Gasteiger partial charge in [-0.25, -0.2) is 0 Å². The molecular formula is C23H24N2O3. The van der Waals surface area contributed by atoms with Crippen molar-refractivity contribution in [1.82, 2.24) is 10.9 Å². The lowest BCUT2D eigenvalue weighted by atomic mass is 9.84. The van der Waals surface area contributed by atoms with E-state index in [4.69, 9.17) is 9.47 Å². The first-order valence-electron chi connectivity index (χ1n) is 9.63. The minimum Gasteiger partial charge on any atom is -0.494 e. The Kier molecular flexibility index (Phi) is 5.33. The minimum atomic E-state index is -0.141. The zero-order chi connectivity index (χ0) is 19.3. The zero-order valence-electron chi connectivity index (χ0n) is 15.9. The molecule has 1 atom stereocenters. The summed E-state index contributed by atoms with van der Waals surface area (Å²) in [4.78, 5) is 12.3. The largest absolute Gasteiger partial charge is 0.494 e. The second-order valence-corrected chi connectivity index (χ2v) is 6.94. The monoisotopic (exact) mass is 376 g/mol. The number of carbonyl (C=O) groups is 1. The molecule has 0 aliphatic heterocycles. The third kappa shape index (κ3) is 4.03. The lowest BCUT2D eigenvalue weighted by molar-refractivity contribution is 0.0936. The molecule has 2 aliphatic rings. The van der Waals surface area contributed by atoms with E-state index in [1.807, 2.05) is 55.5 Å². The summed E-state index contributed by atoms with van der Waals surface area (Å²) in [5.41, 5.74) is 9.89. The molecule has 2 aliphatic carbocycles. The molecule has 0 saturated carbocycles. The van der Waals surface area contributed by atoms with Gasteiger partial charge in [-0.15, -0.1) is 0 Å². The van der Waals surface area contributed by atoms with Gasteiger partial charge in [-0.3, -0.25) is 10.2 Å². The van der Waals surface area contributed by atoms with Crippen LogP contribution in [0.5, 0.6) is 11.5 Å². The van der Waals surface area contributed by atoms with Crippen LogP contribution in [0.25, 0.3) is 0 Å². The number of allylic oxidation sites excluding steroid dienone is 4. The Morgan fingerprint density at radius 2 is 1.75 bits per heavy atom. The van der Waals surface area contributed by atoms with E-state index in [-0.39, 0.29) is 5.91 Å². The summed E-state index contributed by atoms with van der Waals surface area (Å²) < 4.78 is 11.2. The molecular weight excluding hydrogens is 352 g/mol. The van der Waals surface area contributed by atoms with Gasteiger partial charge in [0.1, 0.15) is 18.1 Å². The molecule has 4 rings (SSSR count). The first-order valence-corrected chi connectivity index (χ1v) is 9.63. The van der Waals surface area contributed by atoms with E-state index in [2.05, 4.69) is 23.0 Å². The average Bonchev–Trinajstić information content (AvgIpc) is 3.09. The topological polar surface area (TPSA) is 59.6 Å². The van der Waals surface area contributed by atoms with Crippen molar-refractivity contribution >= 4 is 5.91 Å². The highest BCUT2D eigenvalue weighted by Crippen LogP contribution is 2.40. The Labute approximate surface area is 165 Å². The van der Waals surface area contributed by atoms with Gasteiger partial charge >= 0.3 is 0 Å². The Hall–Kier alpha value is -3.21. The van der Waals surface area contributed by atoms with Gasteiger partial charge in [0, 0.05) is 11.3 Å². The van der Waals surface area contributed by atoms with Crippen LogP contribution in [-0.4, -0.2) is 12.5 Å². The molecule has 0 radical (unpaired) electrons. The number of benzene rings is 2. The van der Waals surface area contributed by atoms with E-state index in [9.17, 15) is 4.79 Å². The highest BCUT2D eigenvalue weighted by Gasteiger charge is 2.30. The van der Waals surface area contributed by atoms with E-state index in [0.717, 1.165) is 35.6 Å². The summed E-state index contributed by atoms with van der Waals surface area (Å²) in [6.45, 7) is 3.04. The maximum Gasteiger partial charge on any atom is 0.269 e. The summed E-state index contributed by atoms with van der Waals surface area (Å²) in [5, 5.41) is 0. The number of amides is 1. The molecule has 0 fully saturated rings. The Bertz CT molecular complexity index is 898. The maximum atomic E-state index is 12.3. The second-order valence-electron chi connectivity index (χ2n) is 6.94. The van der Waals surface area contributed by atoms with Crippen LogP contribution in [0.1, 0.15) is 35.7 Å². The zero-order valence-corrected chi connectivity index (χ0v) is 15.9. The van der Waals surface area contributed by atoms with Crippen LogP contribution in [0.2, 0.25) is 0 Å². The molecule has 1 amide bonds. The predicted octanol–water partition coefficient (Wildman–Crippen LogP) is 4.13. The minimum absolute atomic E-state index is 0.141. The summed E-state index contributed by atoms with van der Waals surface area (Å²) in [6.07, 6.45) is 6.45. The fourth-order valence-electron chi connectivity index (χ4n) is 3.44. The third-order valence-corrected chi connectivity index (χ3v) is 5.04. The molecule has 2 N–H and O–H groups in total. The molecule has 0 unspecified atom stereocenters. The highest BCUT2D eigenvalue weighted by molar-refractivity contribution is 5.93. The summed E-state index contributed by atoms with van der Waals surface area (Å²) in [7, 11) is 0. The van der Waals surface area contributed by atoms with Crippen molar-refractivity contribution in [3.05, 3.63) is 83.1 Å². The van der Waals surface area contributed by atoms with Crippen LogP contribution in [0.15, 0.2) is 72.0 Å². The number of hydrogen-bond donors (Lipinski definition) is 2. The van der Waals surface area contributed by atoms with Crippen LogP contribution in [0.4, 0.5) is 0 Å². The first-order chi connectivity index (χ1) is 13.7. The molecule has 2 aromatic carbocycles. The van der Waals surface area contributed by atoms with Crippen LogP contribution in [0, 0.1) is 5.92 Å². The Morgan fingerprint density at radius 1 is 1.04 bits per heavy atom. The summed E-state index contributed by atoms with van der Waals surface area (Å²) in [5.74, 6) is 2.12. The lowest BCUT2D eigenvalue weighted by Gasteiger charge is -2.28. The van der Waals surface area contributed by atoms with E-state index in [0.29, 0.717) is 24.7 Å². The van der Waals surface area contributed by atoms with Gasteiger partial charge in [0.15, 0.2) is 0 Å². The quantitative estimate of drug-likeness (QED) is 0.680. The van der Waals surface area contributed by atoms with Gasteiger partial charge < -0.3 is 14.9 Å². The van der Waals surface area contributed by atoms with E-state index < -0.39 is 0 Å². The van der Waals surface area contributed by atoms with E-state index in [1.54, 1.807) is 0 Å². The molecule has 5 nitrogen and oxygen atoms in total. The maximum absolute atomic E-state index is 12.3. The van der Waals surface area contributed by atoms with Gasteiger partial charge in [0.2, 0.25) is 0 Å². The predicted molar refractivity (Wildman–Crippen MR) is 108 cm³/mol. The fraction of sp³-hybridized carbons (Fsp3) is 0.261. The standard InChI is InChI=1S/C23H24N2O3/c1-2-27-19-10-12-20(13-11-19)28-15-16-6-8-17(9-7-16)23(26)25-24-22-14-18-4-3-5-21(18)22/h3,5-13,18,24H,2,4,14-15H2,1H3,(H,25,26)/t18-/m1/s1. The average molecular weight is 376 g/mol. The van der Waals surface area contributed by atoms with Crippen molar-refractivity contribution < 1.29 is 14.3 Å². The third-order valence-electron chi connectivity index (χ3n) is 5.04. The van der Waals surface area contributed by atoms with Crippen molar-refractivity contribution in [3.63, 3.8) is 0 Å². The van der Waals surface area contributed by atoms with E-state index >= 15 is 0 Å². The molecule has 0 heterocycles. The number of ether oxygens (including phenoxy) is 2. The van der Waals surface area contributed by atoms with Crippen molar-refractivity contribution in [2.45, 2.75) is 26.4 Å². The van der Waals surface area contributed by atoms with Crippen molar-refractivity contribution in [3.8, 4) is 11.5 Å². The number of hydrazine groups is 1. The molecule has 144 valence electrons. The van der Waals surface area contributed by atoms with Gasteiger partial charge in [-0.05, 0) is 73.2 Å². The molecule has 2 aromatic rings. The van der Waals surface area contributed by atoms with Gasteiger partial charge in [-0.2, -0.15) is 0 Å². The van der Waals surface area contributed by atoms with Crippen LogP contribution in [0.3, 0.4) is 0 Å². The number of nitrogens with one attached hydrogen (secondary N) is 2. The highest BCUT2D eigenvalue weighted by atomic mass is 16.5. The van der Waals surface area contributed by atoms with Crippen molar-refractivity contribution in [2.75, 3.05) is 6.61 Å². The number of hydrogen-bond acceptors (Lipinski definition) is 4. The van der Waals surface area contributed by atoms with Crippen molar-refractivity contribution in [2.24, 2.45) is 5.92 Å². The normalized spacial score (nSPS) is 17.0. The SMILES string of the molecule is CCOc1ccc(OCc2ccc(C(=O)NNC3=C4C=CC[C@@H]4C3)cc2)cc1. The van der Waals surface area contributed by atoms with Gasteiger partial charge in [-0.1, -0.05) is 24.3 Å². The number of fused-ring (bicyclic) bond motifs is 1. The molecule has 0 saturated heterocycles. The second kappa shape index (κ2) is 8.21. The fourth-order valence-corrected chi connectivity index (χ4v) is 3.44. The first kappa shape index (κ1) is 18.2. The van der Waals surface area contributed by atoms with Gasteiger partial charge in [0.05, 0.1) is 6.61 Å².